The van der Waals surface area contributed by atoms with Gasteiger partial charge in [0, 0.05) is 7.11 Å². The van der Waals surface area contributed by atoms with Crippen molar-refractivity contribution in [1.29, 1.82) is 0 Å². The molecule has 0 rings (SSSR count). The van der Waals surface area contributed by atoms with Gasteiger partial charge >= 0.3 is 0 Å². The zero-order valence-corrected chi connectivity index (χ0v) is 5.17. The van der Waals surface area contributed by atoms with E-state index in [0.717, 1.165) is 0 Å². The van der Waals surface area contributed by atoms with Gasteiger partial charge in [0.2, 0.25) is 0 Å². The summed E-state index contributed by atoms with van der Waals surface area (Å²) in [6, 6.07) is 0. The van der Waals surface area contributed by atoms with Crippen molar-refractivity contribution in [2.24, 2.45) is 0 Å². The minimum Gasteiger partial charge on any atom is -0.370 e. The van der Waals surface area contributed by atoms with Gasteiger partial charge in [-0.2, -0.15) is 0 Å². The molecule has 1 nitrogen and oxygen atoms in total. The quantitative estimate of drug-likeness (QED) is 0.332. The number of alkyl halides is 1. The van der Waals surface area contributed by atoms with Crippen molar-refractivity contribution in [2.45, 2.75) is 5.44 Å². The Morgan fingerprint density at radius 2 is 2.50 bits per heavy atom. The lowest BCUT2D eigenvalue weighted by Crippen LogP contribution is -2.00. The predicted octanol–water partition coefficient (Wildman–Crippen LogP) is 1.13. The van der Waals surface area contributed by atoms with Crippen LogP contribution in [0.15, 0.2) is 0 Å². The van der Waals surface area contributed by atoms with E-state index in [0.29, 0.717) is 5.88 Å². The maximum atomic E-state index is 5.25. The Morgan fingerprint density at radius 1 is 2.00 bits per heavy atom. The van der Waals surface area contributed by atoms with E-state index in [1.807, 2.05) is 0 Å². The molecular formula is C3H7ClOS. The first-order valence-corrected chi connectivity index (χ1v) is 2.63. The van der Waals surface area contributed by atoms with Crippen LogP contribution in [0.3, 0.4) is 0 Å². The number of thiol groups is 1. The van der Waals surface area contributed by atoms with Crippen LogP contribution < -0.4 is 0 Å². The van der Waals surface area contributed by atoms with Crippen LogP contribution in [0.25, 0.3) is 0 Å². The van der Waals surface area contributed by atoms with E-state index < -0.39 is 0 Å². The van der Waals surface area contributed by atoms with E-state index in [4.69, 9.17) is 11.6 Å². The highest BCUT2D eigenvalue weighted by molar-refractivity contribution is 7.80. The van der Waals surface area contributed by atoms with Crippen LogP contribution in [0.5, 0.6) is 0 Å². The minimum absolute atomic E-state index is 0.105. The molecule has 0 aliphatic heterocycles. The third-order valence-electron chi connectivity index (χ3n) is 0.404. The fraction of sp³-hybridized carbons (Fsp3) is 1.00. The molecule has 0 radical (unpaired) electrons. The van der Waals surface area contributed by atoms with Crippen molar-refractivity contribution in [3.8, 4) is 0 Å². The number of rotatable bonds is 2. The molecule has 1 unspecified atom stereocenters. The van der Waals surface area contributed by atoms with Gasteiger partial charge in [-0.25, -0.2) is 0 Å². The Balaban J connectivity index is 2.75. The van der Waals surface area contributed by atoms with Crippen molar-refractivity contribution in [2.75, 3.05) is 13.0 Å². The van der Waals surface area contributed by atoms with Gasteiger partial charge in [0.25, 0.3) is 0 Å². The lowest BCUT2D eigenvalue weighted by molar-refractivity contribution is 0.192. The second-order valence-corrected chi connectivity index (χ2v) is 1.73. The van der Waals surface area contributed by atoms with E-state index in [1.54, 1.807) is 7.11 Å². The van der Waals surface area contributed by atoms with Gasteiger partial charge in [0.05, 0.1) is 5.88 Å². The summed E-state index contributed by atoms with van der Waals surface area (Å²) in [6.45, 7) is 0. The van der Waals surface area contributed by atoms with Gasteiger partial charge in [-0.05, 0) is 0 Å². The second kappa shape index (κ2) is 3.78. The number of halogens is 1. The Bertz CT molecular complexity index is 30.0. The molecular weight excluding hydrogens is 120 g/mol. The van der Waals surface area contributed by atoms with Gasteiger partial charge in [0.1, 0.15) is 5.44 Å². The normalized spacial score (nSPS) is 14.5. The Hall–Kier alpha value is 0.600. The summed E-state index contributed by atoms with van der Waals surface area (Å²) in [7, 11) is 1.57. The summed E-state index contributed by atoms with van der Waals surface area (Å²) >= 11 is 9.13. The molecule has 38 valence electrons. The molecule has 0 fully saturated rings. The van der Waals surface area contributed by atoms with Crippen LogP contribution in [0, 0.1) is 0 Å². The smallest absolute Gasteiger partial charge is 0.113 e. The summed E-state index contributed by atoms with van der Waals surface area (Å²) in [5, 5.41) is 0. The highest BCUT2D eigenvalue weighted by Crippen LogP contribution is 1.95. The molecule has 0 aromatic carbocycles. The molecule has 0 amide bonds. The minimum atomic E-state index is -0.105. The van der Waals surface area contributed by atoms with Gasteiger partial charge in [-0.15, -0.1) is 24.2 Å². The van der Waals surface area contributed by atoms with Crippen molar-refractivity contribution in [3.05, 3.63) is 0 Å². The van der Waals surface area contributed by atoms with Crippen LogP contribution >= 0.6 is 24.2 Å². The maximum absolute atomic E-state index is 5.25. The van der Waals surface area contributed by atoms with Crippen molar-refractivity contribution in [3.63, 3.8) is 0 Å². The fourth-order valence-electron chi connectivity index (χ4n) is 0.0630. The average molecular weight is 127 g/mol. The first-order chi connectivity index (χ1) is 2.81. The molecule has 6 heavy (non-hydrogen) atoms. The average Bonchev–Trinajstić information content (AvgIpc) is 1.65. The molecule has 0 aliphatic rings. The zero-order chi connectivity index (χ0) is 4.99. The molecule has 0 saturated carbocycles. The number of hydrogen-bond donors (Lipinski definition) is 1. The SMILES string of the molecule is COC(S)CCl. The van der Waals surface area contributed by atoms with E-state index in [-0.39, 0.29) is 5.44 Å². The molecule has 0 N–H and O–H groups in total. The molecule has 3 heteroatoms. The Morgan fingerprint density at radius 3 is 2.50 bits per heavy atom. The third-order valence-corrected chi connectivity index (χ3v) is 1.29. The molecule has 0 saturated heterocycles. The van der Waals surface area contributed by atoms with Crippen LogP contribution in [0.1, 0.15) is 0 Å². The summed E-state index contributed by atoms with van der Waals surface area (Å²) < 4.78 is 4.63. The zero-order valence-electron chi connectivity index (χ0n) is 3.52. The molecule has 0 aliphatic carbocycles. The first-order valence-electron chi connectivity index (χ1n) is 1.58. The largest absolute Gasteiger partial charge is 0.370 e. The van der Waals surface area contributed by atoms with E-state index >= 15 is 0 Å². The summed E-state index contributed by atoms with van der Waals surface area (Å²) in [4.78, 5) is 0. The summed E-state index contributed by atoms with van der Waals surface area (Å²) in [5.74, 6) is 0.444. The van der Waals surface area contributed by atoms with Crippen LogP contribution in [0.4, 0.5) is 0 Å². The standard InChI is InChI=1S/C3H7ClOS/c1-5-3(6)2-4/h3,6H,2H2,1H3. The Labute approximate surface area is 48.0 Å². The van der Waals surface area contributed by atoms with Crippen molar-refractivity contribution < 1.29 is 4.74 Å². The summed E-state index contributed by atoms with van der Waals surface area (Å²) in [5.41, 5.74) is -0.105. The van der Waals surface area contributed by atoms with Crippen LogP contribution in [0.2, 0.25) is 0 Å². The maximum Gasteiger partial charge on any atom is 0.113 e. The van der Waals surface area contributed by atoms with Crippen molar-refractivity contribution >= 4 is 24.2 Å². The topological polar surface area (TPSA) is 9.23 Å². The van der Waals surface area contributed by atoms with Crippen LogP contribution in [-0.2, 0) is 4.74 Å². The number of methoxy groups -OCH3 is 1. The van der Waals surface area contributed by atoms with Gasteiger partial charge < -0.3 is 4.74 Å². The van der Waals surface area contributed by atoms with Gasteiger partial charge in [-0.1, -0.05) is 0 Å². The lowest BCUT2D eigenvalue weighted by atomic mass is 10.8. The third kappa shape index (κ3) is 2.82. The molecule has 1 atom stereocenters. The van der Waals surface area contributed by atoms with Crippen LogP contribution in [-0.4, -0.2) is 18.4 Å². The highest BCUT2D eigenvalue weighted by Gasteiger charge is 1.91. The van der Waals surface area contributed by atoms with E-state index in [9.17, 15) is 0 Å². The molecule has 0 aromatic rings. The molecule has 0 aromatic heterocycles. The highest BCUT2D eigenvalue weighted by atomic mass is 35.5. The predicted molar refractivity (Wildman–Crippen MR) is 30.5 cm³/mol. The summed E-state index contributed by atoms with van der Waals surface area (Å²) in [6.07, 6.45) is 0. The number of ether oxygens (including phenoxy) is 1. The molecule has 0 bridgehead atoms. The fourth-order valence-corrected chi connectivity index (χ4v) is 0.189. The molecule has 0 spiro atoms. The van der Waals surface area contributed by atoms with E-state index in [2.05, 4.69) is 17.4 Å². The first kappa shape index (κ1) is 6.60. The van der Waals surface area contributed by atoms with Crippen molar-refractivity contribution in [1.82, 2.24) is 0 Å². The van der Waals surface area contributed by atoms with E-state index in [1.165, 1.54) is 0 Å². The Kier molecular flexibility index (Phi) is 4.16. The molecule has 0 heterocycles. The lowest BCUT2D eigenvalue weighted by Gasteiger charge is -1.98. The van der Waals surface area contributed by atoms with Gasteiger partial charge in [-0.3, -0.25) is 0 Å². The van der Waals surface area contributed by atoms with Gasteiger partial charge in [0.15, 0.2) is 0 Å². The number of hydrogen-bond acceptors (Lipinski definition) is 2. The second-order valence-electron chi connectivity index (χ2n) is 0.845. The monoisotopic (exact) mass is 126 g/mol.